The molecule has 6 heteroatoms. The fourth-order valence-corrected chi connectivity index (χ4v) is 4.82. The van der Waals surface area contributed by atoms with Gasteiger partial charge < -0.3 is 14.6 Å². The summed E-state index contributed by atoms with van der Waals surface area (Å²) in [5, 5.41) is 11.5. The zero-order chi connectivity index (χ0) is 28.1. The summed E-state index contributed by atoms with van der Waals surface area (Å²) in [4.78, 5) is 28.3. The Bertz CT molecular complexity index is 1530. The number of nitrogens with zero attached hydrogens (tertiary/aromatic N) is 1. The van der Waals surface area contributed by atoms with Gasteiger partial charge in [-0.25, -0.2) is 0 Å². The molecule has 1 aliphatic rings. The summed E-state index contributed by atoms with van der Waals surface area (Å²) in [6.45, 7) is 4.91. The number of hydrogen-bond donors (Lipinski definition) is 1. The van der Waals surface area contributed by atoms with E-state index in [-0.39, 0.29) is 11.3 Å². The van der Waals surface area contributed by atoms with E-state index in [0.717, 1.165) is 17.5 Å². The number of carbonyl (C=O) groups is 2. The van der Waals surface area contributed by atoms with Crippen molar-refractivity contribution in [1.29, 1.82) is 0 Å². The number of aliphatic hydroxyl groups excluding tert-OH is 1. The van der Waals surface area contributed by atoms with E-state index in [2.05, 4.69) is 0 Å². The van der Waals surface area contributed by atoms with E-state index >= 15 is 0 Å². The lowest BCUT2D eigenvalue weighted by atomic mass is 9.94. The van der Waals surface area contributed by atoms with E-state index < -0.39 is 17.7 Å². The number of hydrogen-bond acceptors (Lipinski definition) is 5. The van der Waals surface area contributed by atoms with Gasteiger partial charge in [-0.15, -0.1) is 0 Å². The van der Waals surface area contributed by atoms with Crippen molar-refractivity contribution in [3.05, 3.63) is 131 Å². The van der Waals surface area contributed by atoms with Crippen molar-refractivity contribution >= 4 is 23.1 Å². The number of ketones is 1. The van der Waals surface area contributed by atoms with Gasteiger partial charge in [0.2, 0.25) is 0 Å². The molecule has 0 aromatic heterocycles. The molecule has 1 aliphatic heterocycles. The smallest absolute Gasteiger partial charge is 0.300 e. The molecule has 0 aliphatic carbocycles. The molecule has 1 amide bonds. The predicted molar refractivity (Wildman–Crippen MR) is 155 cm³/mol. The average molecular weight is 534 g/mol. The molecule has 5 rings (SSSR count). The minimum atomic E-state index is -0.808. The number of para-hydroxylation sites is 1. The van der Waals surface area contributed by atoms with Crippen LogP contribution in [0.2, 0.25) is 0 Å². The Morgan fingerprint density at radius 1 is 0.850 bits per heavy atom. The molecule has 1 N–H and O–H groups in total. The van der Waals surface area contributed by atoms with Gasteiger partial charge >= 0.3 is 0 Å². The predicted octanol–water partition coefficient (Wildman–Crippen LogP) is 6.99. The summed E-state index contributed by atoms with van der Waals surface area (Å²) >= 11 is 0. The molecule has 40 heavy (non-hydrogen) atoms. The van der Waals surface area contributed by atoms with E-state index in [4.69, 9.17) is 9.47 Å². The van der Waals surface area contributed by atoms with Crippen LogP contribution in [0.3, 0.4) is 0 Å². The molecule has 1 fully saturated rings. The fraction of sp³-hybridized carbons (Fsp3) is 0.176. The summed E-state index contributed by atoms with van der Waals surface area (Å²) in [6, 6.07) is 30.6. The van der Waals surface area contributed by atoms with Crippen LogP contribution < -0.4 is 14.4 Å². The molecule has 0 bridgehead atoms. The summed E-state index contributed by atoms with van der Waals surface area (Å²) in [6.07, 6.45) is 0.880. The molecule has 1 heterocycles. The normalized spacial score (nSPS) is 16.2. The van der Waals surface area contributed by atoms with E-state index in [0.29, 0.717) is 41.5 Å². The second kappa shape index (κ2) is 11.9. The van der Waals surface area contributed by atoms with Crippen molar-refractivity contribution in [1.82, 2.24) is 0 Å². The minimum Gasteiger partial charge on any atom is -0.507 e. The number of aryl methyl sites for hydroxylation is 1. The molecule has 0 spiro atoms. The first-order valence-corrected chi connectivity index (χ1v) is 13.3. The number of Topliss-reactive ketones (excluding diaryl/α,β-unsaturated/α-hetero) is 1. The second-order valence-corrected chi connectivity index (χ2v) is 9.68. The highest BCUT2D eigenvalue weighted by Gasteiger charge is 2.47. The molecule has 0 saturated carbocycles. The maximum absolute atomic E-state index is 13.4. The van der Waals surface area contributed by atoms with Crippen LogP contribution >= 0.6 is 0 Å². The zero-order valence-corrected chi connectivity index (χ0v) is 22.5. The van der Waals surface area contributed by atoms with Gasteiger partial charge in [-0.05, 0) is 72.5 Å². The fourth-order valence-electron chi connectivity index (χ4n) is 4.82. The number of ether oxygens (including phenoxy) is 2. The van der Waals surface area contributed by atoms with Crippen LogP contribution in [0.15, 0.2) is 109 Å². The molecule has 1 unspecified atom stereocenters. The molecule has 1 atom stereocenters. The SMILES string of the molecule is CCCOc1ccc(C2/C(=C(/O)c3ccc(OCc4ccccc4)c(C)c3)C(=O)C(=O)N2c2ccccc2)cc1. The average Bonchev–Trinajstić information content (AvgIpc) is 3.26. The second-order valence-electron chi connectivity index (χ2n) is 9.68. The maximum Gasteiger partial charge on any atom is 0.300 e. The summed E-state index contributed by atoms with van der Waals surface area (Å²) in [5.41, 5.74) is 3.57. The first-order chi connectivity index (χ1) is 19.5. The Hall–Kier alpha value is -4.84. The number of carbonyl (C=O) groups excluding carboxylic acids is 2. The summed E-state index contributed by atoms with van der Waals surface area (Å²) < 4.78 is 11.7. The molecule has 0 radical (unpaired) electrons. The Morgan fingerprint density at radius 2 is 1.52 bits per heavy atom. The van der Waals surface area contributed by atoms with Crippen molar-refractivity contribution in [2.75, 3.05) is 11.5 Å². The van der Waals surface area contributed by atoms with Crippen LogP contribution in [-0.4, -0.2) is 23.4 Å². The Balaban J connectivity index is 1.53. The van der Waals surface area contributed by atoms with Crippen molar-refractivity contribution in [2.24, 2.45) is 0 Å². The third kappa shape index (κ3) is 5.47. The molecule has 202 valence electrons. The van der Waals surface area contributed by atoms with Gasteiger partial charge in [0.25, 0.3) is 11.7 Å². The largest absolute Gasteiger partial charge is 0.507 e. The van der Waals surface area contributed by atoms with Crippen LogP contribution in [0.5, 0.6) is 11.5 Å². The molecule has 4 aromatic rings. The molecule has 6 nitrogen and oxygen atoms in total. The Labute approximate surface area is 234 Å². The molecular weight excluding hydrogens is 502 g/mol. The zero-order valence-electron chi connectivity index (χ0n) is 22.5. The van der Waals surface area contributed by atoms with Gasteiger partial charge in [0.1, 0.15) is 23.9 Å². The third-order valence-corrected chi connectivity index (χ3v) is 6.83. The summed E-state index contributed by atoms with van der Waals surface area (Å²) in [5.74, 6) is -0.289. The first kappa shape index (κ1) is 26.8. The number of amides is 1. The van der Waals surface area contributed by atoms with Gasteiger partial charge in [0, 0.05) is 11.3 Å². The number of anilines is 1. The standard InChI is InChI=1S/C34H31NO5/c1-3-20-39-28-17-14-25(15-18-28)31-30(33(37)34(38)35(31)27-12-8-5-9-13-27)32(36)26-16-19-29(23(2)21-26)40-22-24-10-6-4-7-11-24/h4-19,21,31,36H,3,20,22H2,1-2H3/b32-30-. The minimum absolute atomic E-state index is 0.0356. The lowest BCUT2D eigenvalue weighted by Gasteiger charge is -2.25. The Morgan fingerprint density at radius 3 is 2.17 bits per heavy atom. The van der Waals surface area contributed by atoms with Gasteiger partial charge in [-0.3, -0.25) is 14.5 Å². The van der Waals surface area contributed by atoms with Gasteiger partial charge in [-0.1, -0.05) is 67.6 Å². The van der Waals surface area contributed by atoms with Gasteiger partial charge in [0.15, 0.2) is 0 Å². The third-order valence-electron chi connectivity index (χ3n) is 6.83. The lowest BCUT2D eigenvalue weighted by molar-refractivity contribution is -0.132. The van der Waals surface area contributed by atoms with Crippen molar-refractivity contribution < 1.29 is 24.2 Å². The van der Waals surface area contributed by atoms with Crippen LogP contribution in [0.4, 0.5) is 5.69 Å². The highest BCUT2D eigenvalue weighted by molar-refractivity contribution is 6.51. The number of aliphatic hydroxyl groups is 1. The van der Waals surface area contributed by atoms with Gasteiger partial charge in [0.05, 0.1) is 18.2 Å². The van der Waals surface area contributed by atoms with E-state index in [1.165, 1.54) is 4.90 Å². The van der Waals surface area contributed by atoms with E-state index in [1.54, 1.807) is 30.3 Å². The van der Waals surface area contributed by atoms with Crippen LogP contribution in [0.1, 0.15) is 41.6 Å². The maximum atomic E-state index is 13.4. The lowest BCUT2D eigenvalue weighted by Crippen LogP contribution is -2.29. The Kier molecular flexibility index (Phi) is 7.97. The molecule has 1 saturated heterocycles. The summed E-state index contributed by atoms with van der Waals surface area (Å²) in [7, 11) is 0. The van der Waals surface area contributed by atoms with E-state index in [9.17, 15) is 14.7 Å². The van der Waals surface area contributed by atoms with Crippen molar-refractivity contribution in [3.63, 3.8) is 0 Å². The first-order valence-electron chi connectivity index (χ1n) is 13.3. The van der Waals surface area contributed by atoms with Gasteiger partial charge in [-0.2, -0.15) is 0 Å². The quantitative estimate of drug-likeness (QED) is 0.143. The van der Waals surface area contributed by atoms with Crippen LogP contribution in [0, 0.1) is 6.92 Å². The topological polar surface area (TPSA) is 76.1 Å². The highest BCUT2D eigenvalue weighted by Crippen LogP contribution is 2.42. The van der Waals surface area contributed by atoms with Crippen LogP contribution in [0.25, 0.3) is 5.76 Å². The monoisotopic (exact) mass is 533 g/mol. The number of benzene rings is 4. The van der Waals surface area contributed by atoms with E-state index in [1.807, 2.05) is 86.6 Å². The molecular formula is C34H31NO5. The van der Waals surface area contributed by atoms with Crippen LogP contribution in [-0.2, 0) is 16.2 Å². The van der Waals surface area contributed by atoms with Crippen molar-refractivity contribution in [3.8, 4) is 11.5 Å². The molecule has 4 aromatic carbocycles. The van der Waals surface area contributed by atoms with Crippen molar-refractivity contribution in [2.45, 2.75) is 32.9 Å². The highest BCUT2D eigenvalue weighted by atomic mass is 16.5. The number of rotatable bonds is 9.